The van der Waals surface area contributed by atoms with Gasteiger partial charge in [-0.1, -0.05) is 129 Å². The Morgan fingerprint density at radius 1 is 0.515 bits per heavy atom. The molecule has 4 nitrogen and oxygen atoms in total. The molecule has 0 aliphatic carbocycles. The smallest absolute Gasteiger partial charge is 0.303 e. The highest BCUT2D eigenvalue weighted by molar-refractivity contribution is 5.66. The Morgan fingerprint density at radius 3 is 1.06 bits per heavy atom. The van der Waals surface area contributed by atoms with Crippen LogP contribution >= 0.6 is 0 Å². The van der Waals surface area contributed by atoms with E-state index < -0.39 is 5.97 Å². The van der Waals surface area contributed by atoms with Crippen molar-refractivity contribution in [3.63, 3.8) is 0 Å². The third-order valence-electron chi connectivity index (χ3n) is 6.18. The summed E-state index contributed by atoms with van der Waals surface area (Å²) in [6.07, 6.45) is 28.9. The number of aliphatic carboxylic acids is 1. The largest absolute Gasteiger partial charge is 0.481 e. The molecule has 0 aliphatic rings. The van der Waals surface area contributed by atoms with Gasteiger partial charge in [0.1, 0.15) is 0 Å². The van der Waals surface area contributed by atoms with Crippen molar-refractivity contribution in [1.29, 1.82) is 0 Å². The Labute approximate surface area is 209 Å². The van der Waals surface area contributed by atoms with E-state index in [2.05, 4.69) is 35.0 Å². The van der Waals surface area contributed by atoms with Crippen LogP contribution in [0.5, 0.6) is 0 Å². The molecule has 4 N–H and O–H groups in total. The highest BCUT2D eigenvalue weighted by atomic mass is 16.4. The molecule has 0 aromatic heterocycles. The quantitative estimate of drug-likeness (QED) is 0.115. The second-order valence-corrected chi connectivity index (χ2v) is 10.9. The number of carboxylic acids is 1. The summed E-state index contributed by atoms with van der Waals surface area (Å²) in [5.74, 6) is -0.659. The van der Waals surface area contributed by atoms with Gasteiger partial charge in [-0.05, 0) is 19.3 Å². The standard InChI is InChI=1S/C17H38N.C12H24O2.H3N/c1-5-6-7-8-9-10-11-12-13-14-15-16-17-18(2,3)4;1-2-3-4-5-6-7-8-9-10-11-12(13)14;/h5-17H2,1-4H3;2-11H2,1H3,(H,13,14);1H3/q+1;;. The Bertz CT molecular complexity index is 367. The number of hydrogen-bond acceptors (Lipinski definition) is 2. The average Bonchev–Trinajstić information content (AvgIpc) is 2.73. The maximum atomic E-state index is 10.2. The minimum atomic E-state index is -0.659. The number of rotatable bonds is 23. The normalized spacial score (nSPS) is 10.9. The average molecular weight is 474 g/mol. The number of nitrogens with zero attached hydrogens (tertiary/aromatic N) is 1. The monoisotopic (exact) mass is 474 g/mol. The van der Waals surface area contributed by atoms with Crippen LogP contribution in [0.4, 0.5) is 0 Å². The maximum absolute atomic E-state index is 10.2. The minimum Gasteiger partial charge on any atom is -0.481 e. The predicted octanol–water partition coefficient (Wildman–Crippen LogP) is 9.55. The van der Waals surface area contributed by atoms with E-state index in [-0.39, 0.29) is 6.15 Å². The Kier molecular flexibility index (Phi) is 32.9. The van der Waals surface area contributed by atoms with Crippen molar-refractivity contribution >= 4 is 5.97 Å². The Balaban J connectivity index is -0.000000545. The number of quaternary nitrogens is 1. The Morgan fingerprint density at radius 2 is 0.788 bits per heavy atom. The second kappa shape index (κ2) is 29.4. The molecular formula is C29H65N2O2+. The van der Waals surface area contributed by atoms with Gasteiger partial charge < -0.3 is 15.7 Å². The first kappa shape index (κ1) is 36.9. The molecule has 0 saturated carbocycles. The molecule has 202 valence electrons. The van der Waals surface area contributed by atoms with Gasteiger partial charge in [-0.2, -0.15) is 0 Å². The van der Waals surface area contributed by atoms with Crippen molar-refractivity contribution in [2.24, 2.45) is 0 Å². The predicted molar refractivity (Wildman–Crippen MR) is 148 cm³/mol. The zero-order valence-corrected chi connectivity index (χ0v) is 23.8. The molecule has 0 radical (unpaired) electrons. The molecule has 0 amide bonds. The van der Waals surface area contributed by atoms with E-state index in [1.165, 1.54) is 129 Å². The zero-order valence-electron chi connectivity index (χ0n) is 23.8. The van der Waals surface area contributed by atoms with Crippen LogP contribution < -0.4 is 6.15 Å². The third-order valence-corrected chi connectivity index (χ3v) is 6.18. The zero-order chi connectivity index (χ0) is 24.3. The molecule has 0 heterocycles. The van der Waals surface area contributed by atoms with E-state index in [0.717, 1.165) is 17.3 Å². The third kappa shape index (κ3) is 42.1. The topological polar surface area (TPSA) is 72.3 Å². The summed E-state index contributed by atoms with van der Waals surface area (Å²) in [6, 6.07) is 0. The molecule has 0 fully saturated rings. The molecular weight excluding hydrogens is 408 g/mol. The van der Waals surface area contributed by atoms with Crippen LogP contribution in [0.3, 0.4) is 0 Å². The van der Waals surface area contributed by atoms with Gasteiger partial charge in [0.05, 0.1) is 27.7 Å². The van der Waals surface area contributed by atoms with Gasteiger partial charge in [0.25, 0.3) is 0 Å². The summed E-state index contributed by atoms with van der Waals surface area (Å²) in [5.41, 5.74) is 0. The fourth-order valence-electron chi connectivity index (χ4n) is 4.01. The van der Waals surface area contributed by atoms with Gasteiger partial charge in [-0.15, -0.1) is 0 Å². The van der Waals surface area contributed by atoms with Crippen molar-refractivity contribution in [3.05, 3.63) is 0 Å². The lowest BCUT2D eigenvalue weighted by molar-refractivity contribution is -0.870. The second-order valence-electron chi connectivity index (χ2n) is 10.9. The summed E-state index contributed by atoms with van der Waals surface area (Å²) >= 11 is 0. The van der Waals surface area contributed by atoms with E-state index in [4.69, 9.17) is 5.11 Å². The summed E-state index contributed by atoms with van der Waals surface area (Å²) in [6.45, 7) is 5.85. The van der Waals surface area contributed by atoms with Gasteiger partial charge in [0, 0.05) is 6.42 Å². The van der Waals surface area contributed by atoms with Crippen molar-refractivity contribution in [1.82, 2.24) is 6.15 Å². The molecule has 0 saturated heterocycles. The molecule has 0 atom stereocenters. The van der Waals surface area contributed by atoms with Crippen molar-refractivity contribution in [3.8, 4) is 0 Å². The molecule has 33 heavy (non-hydrogen) atoms. The fraction of sp³-hybridized carbons (Fsp3) is 0.966. The molecule has 0 spiro atoms. The molecule has 0 unspecified atom stereocenters. The van der Waals surface area contributed by atoms with Gasteiger partial charge in [-0.3, -0.25) is 4.79 Å². The first-order valence-electron chi connectivity index (χ1n) is 14.4. The summed E-state index contributed by atoms with van der Waals surface area (Å²) < 4.78 is 1.12. The van der Waals surface area contributed by atoms with Crippen LogP contribution in [-0.2, 0) is 4.79 Å². The van der Waals surface area contributed by atoms with Crippen LogP contribution in [0.25, 0.3) is 0 Å². The number of carboxylic acid groups (broad SMARTS) is 1. The highest BCUT2D eigenvalue weighted by Crippen LogP contribution is 2.12. The molecule has 0 aromatic rings. The first-order chi connectivity index (χ1) is 15.3. The molecule has 0 aromatic carbocycles. The Hall–Kier alpha value is -0.610. The lowest BCUT2D eigenvalue weighted by atomic mass is 10.1. The number of unbranched alkanes of at least 4 members (excludes halogenated alkanes) is 19. The van der Waals surface area contributed by atoms with Gasteiger partial charge in [0.15, 0.2) is 0 Å². The number of carbonyl (C=O) groups is 1. The SMILES string of the molecule is CCCCCCCCCCCC(=O)O.CCCCCCCCCCCCCC[N+](C)(C)C.N. The molecule has 0 aliphatic heterocycles. The molecule has 0 rings (SSSR count). The van der Waals surface area contributed by atoms with Crippen LogP contribution in [0, 0.1) is 0 Å². The van der Waals surface area contributed by atoms with Crippen molar-refractivity contribution in [2.45, 2.75) is 155 Å². The number of hydrogen-bond donors (Lipinski definition) is 2. The van der Waals surface area contributed by atoms with Crippen LogP contribution in [-0.4, -0.2) is 43.2 Å². The van der Waals surface area contributed by atoms with E-state index >= 15 is 0 Å². The van der Waals surface area contributed by atoms with E-state index in [1.807, 2.05) is 0 Å². The summed E-state index contributed by atoms with van der Waals surface area (Å²) in [5, 5.41) is 8.41. The lowest BCUT2D eigenvalue weighted by Gasteiger charge is -2.23. The maximum Gasteiger partial charge on any atom is 0.303 e. The van der Waals surface area contributed by atoms with Crippen LogP contribution in [0.2, 0.25) is 0 Å². The van der Waals surface area contributed by atoms with Crippen LogP contribution in [0.15, 0.2) is 0 Å². The highest BCUT2D eigenvalue weighted by Gasteiger charge is 2.04. The van der Waals surface area contributed by atoms with Gasteiger partial charge in [0.2, 0.25) is 0 Å². The van der Waals surface area contributed by atoms with Crippen molar-refractivity contribution in [2.75, 3.05) is 27.7 Å². The molecule has 4 heteroatoms. The summed E-state index contributed by atoms with van der Waals surface area (Å²) in [4.78, 5) is 10.2. The van der Waals surface area contributed by atoms with Gasteiger partial charge in [-0.25, -0.2) is 0 Å². The van der Waals surface area contributed by atoms with Crippen LogP contribution in [0.1, 0.15) is 155 Å². The fourth-order valence-corrected chi connectivity index (χ4v) is 4.01. The van der Waals surface area contributed by atoms with Gasteiger partial charge >= 0.3 is 5.97 Å². The summed E-state index contributed by atoms with van der Waals surface area (Å²) in [7, 11) is 6.87. The first-order valence-corrected chi connectivity index (χ1v) is 14.4. The minimum absolute atomic E-state index is 0. The van der Waals surface area contributed by atoms with E-state index in [1.54, 1.807) is 0 Å². The molecule has 0 bridgehead atoms. The van der Waals surface area contributed by atoms with Crippen molar-refractivity contribution < 1.29 is 14.4 Å². The van der Waals surface area contributed by atoms with E-state index in [0.29, 0.717) is 6.42 Å². The lowest BCUT2D eigenvalue weighted by Crippen LogP contribution is -2.35. The van der Waals surface area contributed by atoms with E-state index in [9.17, 15) is 4.79 Å².